The van der Waals surface area contributed by atoms with Crippen LogP contribution in [0.25, 0.3) is 0 Å². The van der Waals surface area contributed by atoms with Crippen molar-refractivity contribution in [2.45, 2.75) is 33.3 Å². The molecule has 1 aromatic rings. The van der Waals surface area contributed by atoms with Gasteiger partial charge in [-0.3, -0.25) is 10.1 Å². The first-order valence-corrected chi connectivity index (χ1v) is 6.17. The van der Waals surface area contributed by atoms with E-state index in [1.807, 2.05) is 0 Å². The van der Waals surface area contributed by atoms with Crippen LogP contribution in [0.5, 0.6) is 5.75 Å². The second-order valence-electron chi connectivity index (χ2n) is 5.22. The monoisotopic (exact) mass is 280 g/mol. The molecular weight excluding hydrogens is 260 g/mol. The summed E-state index contributed by atoms with van der Waals surface area (Å²) in [6, 6.07) is 4.91. The van der Waals surface area contributed by atoms with Gasteiger partial charge in [-0.05, 0) is 39.0 Å². The maximum Gasteiger partial charge on any atom is 0.412 e. The number of amides is 2. The molecule has 1 rings (SSSR count). The lowest BCUT2D eigenvalue weighted by Crippen LogP contribution is -2.27. The van der Waals surface area contributed by atoms with Crippen LogP contribution in [0.4, 0.5) is 16.2 Å². The first kappa shape index (κ1) is 15.8. The highest BCUT2D eigenvalue weighted by Gasteiger charge is 2.16. The van der Waals surface area contributed by atoms with E-state index in [0.717, 1.165) is 0 Å². The second-order valence-corrected chi connectivity index (χ2v) is 5.22. The number of ether oxygens (including phenoxy) is 2. The van der Waals surface area contributed by atoms with Gasteiger partial charge in [0.1, 0.15) is 11.4 Å². The Morgan fingerprint density at radius 2 is 1.80 bits per heavy atom. The van der Waals surface area contributed by atoms with Crippen molar-refractivity contribution in [3.8, 4) is 5.75 Å². The molecule has 2 amide bonds. The van der Waals surface area contributed by atoms with Crippen molar-refractivity contribution in [2.75, 3.05) is 17.7 Å². The summed E-state index contributed by atoms with van der Waals surface area (Å²) >= 11 is 0. The van der Waals surface area contributed by atoms with Crippen molar-refractivity contribution < 1.29 is 19.1 Å². The van der Waals surface area contributed by atoms with Gasteiger partial charge in [-0.2, -0.15) is 0 Å². The van der Waals surface area contributed by atoms with Crippen LogP contribution in [0.3, 0.4) is 0 Å². The van der Waals surface area contributed by atoms with E-state index in [2.05, 4.69) is 10.6 Å². The highest BCUT2D eigenvalue weighted by atomic mass is 16.6. The Bertz CT molecular complexity index is 506. The third-order valence-electron chi connectivity index (χ3n) is 2.16. The van der Waals surface area contributed by atoms with Gasteiger partial charge in [-0.15, -0.1) is 0 Å². The molecule has 110 valence electrons. The molecule has 0 bridgehead atoms. The summed E-state index contributed by atoms with van der Waals surface area (Å²) in [5.74, 6) is 0.285. The normalized spacial score (nSPS) is 10.7. The van der Waals surface area contributed by atoms with Crippen molar-refractivity contribution in [2.24, 2.45) is 0 Å². The number of hydrogen-bond acceptors (Lipinski definition) is 4. The van der Waals surface area contributed by atoms with Gasteiger partial charge in [-0.1, -0.05) is 0 Å². The third-order valence-corrected chi connectivity index (χ3v) is 2.16. The van der Waals surface area contributed by atoms with E-state index in [9.17, 15) is 9.59 Å². The lowest BCUT2D eigenvalue weighted by molar-refractivity contribution is -0.114. The summed E-state index contributed by atoms with van der Waals surface area (Å²) < 4.78 is 10.3. The van der Waals surface area contributed by atoms with Gasteiger partial charge in [0.05, 0.1) is 12.8 Å². The van der Waals surface area contributed by atoms with E-state index in [4.69, 9.17) is 9.47 Å². The van der Waals surface area contributed by atoms with Crippen LogP contribution in [0.15, 0.2) is 18.2 Å². The Morgan fingerprint density at radius 3 is 2.30 bits per heavy atom. The van der Waals surface area contributed by atoms with Gasteiger partial charge in [0.2, 0.25) is 5.91 Å². The number of carbonyl (C=O) groups excluding carboxylic acids is 2. The zero-order valence-corrected chi connectivity index (χ0v) is 12.4. The number of benzene rings is 1. The van der Waals surface area contributed by atoms with E-state index in [-0.39, 0.29) is 5.91 Å². The van der Waals surface area contributed by atoms with Crippen LogP contribution < -0.4 is 15.4 Å². The van der Waals surface area contributed by atoms with Crippen LogP contribution in [-0.2, 0) is 9.53 Å². The predicted molar refractivity (Wildman–Crippen MR) is 77.2 cm³/mol. The van der Waals surface area contributed by atoms with Crippen LogP contribution in [0.2, 0.25) is 0 Å². The van der Waals surface area contributed by atoms with Gasteiger partial charge < -0.3 is 14.8 Å². The molecule has 0 aromatic heterocycles. The molecule has 0 unspecified atom stereocenters. The molecule has 6 nitrogen and oxygen atoms in total. The van der Waals surface area contributed by atoms with E-state index in [1.165, 1.54) is 14.0 Å². The SMILES string of the molecule is COc1ccc(NC(=O)OC(C)(C)C)cc1NC(C)=O. The fourth-order valence-electron chi connectivity index (χ4n) is 1.49. The average molecular weight is 280 g/mol. The molecule has 0 aliphatic heterocycles. The molecule has 1 aromatic carbocycles. The summed E-state index contributed by atoms with van der Waals surface area (Å²) in [6.07, 6.45) is -0.559. The summed E-state index contributed by atoms with van der Waals surface area (Å²) in [6.45, 7) is 6.74. The number of hydrogen-bond donors (Lipinski definition) is 2. The smallest absolute Gasteiger partial charge is 0.412 e. The Morgan fingerprint density at radius 1 is 1.15 bits per heavy atom. The minimum absolute atomic E-state index is 0.224. The van der Waals surface area contributed by atoms with E-state index >= 15 is 0 Å². The number of anilines is 2. The van der Waals surface area contributed by atoms with E-state index in [1.54, 1.807) is 39.0 Å². The Hall–Kier alpha value is -2.24. The summed E-state index contributed by atoms with van der Waals surface area (Å²) in [4.78, 5) is 22.8. The summed E-state index contributed by atoms with van der Waals surface area (Å²) in [7, 11) is 1.50. The quantitative estimate of drug-likeness (QED) is 0.892. The summed E-state index contributed by atoms with van der Waals surface area (Å²) in [5, 5.41) is 5.23. The first-order chi connectivity index (χ1) is 9.21. The number of rotatable bonds is 3. The molecule has 0 spiro atoms. The van der Waals surface area contributed by atoms with Gasteiger partial charge in [0.15, 0.2) is 0 Å². The molecule has 0 heterocycles. The molecular formula is C14H20N2O4. The fourth-order valence-corrected chi connectivity index (χ4v) is 1.49. The van der Waals surface area contributed by atoms with Crippen molar-refractivity contribution in [1.29, 1.82) is 0 Å². The Labute approximate surface area is 118 Å². The van der Waals surface area contributed by atoms with Crippen LogP contribution >= 0.6 is 0 Å². The van der Waals surface area contributed by atoms with E-state index < -0.39 is 11.7 Å². The maximum atomic E-state index is 11.7. The van der Waals surface area contributed by atoms with Crippen molar-refractivity contribution >= 4 is 23.4 Å². The lowest BCUT2D eigenvalue weighted by atomic mass is 10.2. The minimum Gasteiger partial charge on any atom is -0.495 e. The standard InChI is InChI=1S/C14H20N2O4/c1-9(17)15-11-8-10(6-7-12(11)19-5)16-13(18)20-14(2,3)4/h6-8H,1-5H3,(H,15,17)(H,16,18). The molecule has 0 saturated carbocycles. The second kappa shape index (κ2) is 6.27. The van der Waals surface area contributed by atoms with Crippen LogP contribution in [-0.4, -0.2) is 24.7 Å². The van der Waals surface area contributed by atoms with E-state index in [0.29, 0.717) is 17.1 Å². The fraction of sp³-hybridized carbons (Fsp3) is 0.429. The number of carbonyl (C=O) groups is 2. The van der Waals surface area contributed by atoms with Crippen molar-refractivity contribution in [3.63, 3.8) is 0 Å². The largest absolute Gasteiger partial charge is 0.495 e. The third kappa shape index (κ3) is 5.17. The number of nitrogens with one attached hydrogen (secondary N) is 2. The molecule has 0 fully saturated rings. The zero-order chi connectivity index (χ0) is 15.3. The molecule has 0 radical (unpaired) electrons. The van der Waals surface area contributed by atoms with Gasteiger partial charge >= 0.3 is 6.09 Å². The molecule has 0 aliphatic carbocycles. The number of methoxy groups -OCH3 is 1. The molecule has 6 heteroatoms. The van der Waals surface area contributed by atoms with Gasteiger partial charge in [0.25, 0.3) is 0 Å². The van der Waals surface area contributed by atoms with Gasteiger partial charge in [-0.25, -0.2) is 4.79 Å². The van der Waals surface area contributed by atoms with Crippen molar-refractivity contribution in [3.05, 3.63) is 18.2 Å². The molecule has 0 atom stereocenters. The Kier molecular flexibility index (Phi) is 4.96. The maximum absolute atomic E-state index is 11.7. The molecule has 2 N–H and O–H groups in total. The zero-order valence-electron chi connectivity index (χ0n) is 12.4. The molecule has 20 heavy (non-hydrogen) atoms. The summed E-state index contributed by atoms with van der Waals surface area (Å²) in [5.41, 5.74) is 0.411. The first-order valence-electron chi connectivity index (χ1n) is 6.17. The van der Waals surface area contributed by atoms with Gasteiger partial charge in [0, 0.05) is 12.6 Å². The Balaban J connectivity index is 2.86. The average Bonchev–Trinajstić information content (AvgIpc) is 2.25. The topological polar surface area (TPSA) is 76.7 Å². The minimum atomic E-state index is -0.572. The lowest BCUT2D eigenvalue weighted by Gasteiger charge is -2.20. The van der Waals surface area contributed by atoms with Crippen LogP contribution in [0.1, 0.15) is 27.7 Å². The highest BCUT2D eigenvalue weighted by molar-refractivity contribution is 5.92. The van der Waals surface area contributed by atoms with Crippen LogP contribution in [0, 0.1) is 0 Å². The highest BCUT2D eigenvalue weighted by Crippen LogP contribution is 2.28. The predicted octanol–water partition coefficient (Wildman–Crippen LogP) is 3.00. The van der Waals surface area contributed by atoms with Crippen molar-refractivity contribution in [1.82, 2.24) is 0 Å². The molecule has 0 aliphatic rings. The molecule has 0 saturated heterocycles.